The number of nitrogens with zero attached hydrogens (tertiary/aromatic N) is 1. The zero-order valence-corrected chi connectivity index (χ0v) is 11.3. The molecular weight excluding hydrogens is 242 g/mol. The molecule has 19 heavy (non-hydrogen) atoms. The van der Waals surface area contributed by atoms with Crippen LogP contribution in [-0.4, -0.2) is 35.3 Å². The Kier molecular flexibility index (Phi) is 4.80. The van der Waals surface area contributed by atoms with Crippen LogP contribution in [0, 0.1) is 5.92 Å². The van der Waals surface area contributed by atoms with E-state index in [2.05, 4.69) is 0 Å². The van der Waals surface area contributed by atoms with Gasteiger partial charge in [-0.05, 0) is 31.2 Å². The van der Waals surface area contributed by atoms with Crippen molar-refractivity contribution >= 4 is 6.09 Å². The molecule has 1 amide bonds. The van der Waals surface area contributed by atoms with Crippen molar-refractivity contribution in [2.24, 2.45) is 5.92 Å². The van der Waals surface area contributed by atoms with Crippen LogP contribution in [0.4, 0.5) is 4.79 Å². The summed E-state index contributed by atoms with van der Waals surface area (Å²) in [6, 6.07) is 9.81. The van der Waals surface area contributed by atoms with E-state index in [0.717, 1.165) is 18.4 Å². The fourth-order valence-electron chi connectivity index (χ4n) is 2.51. The van der Waals surface area contributed by atoms with E-state index in [1.165, 1.54) is 0 Å². The van der Waals surface area contributed by atoms with E-state index in [1.54, 1.807) is 4.90 Å². The van der Waals surface area contributed by atoms with Crippen LogP contribution < -0.4 is 0 Å². The summed E-state index contributed by atoms with van der Waals surface area (Å²) in [4.78, 5) is 13.8. The maximum atomic E-state index is 12.0. The molecule has 1 N–H and O–H groups in total. The van der Waals surface area contributed by atoms with Crippen LogP contribution in [-0.2, 0) is 11.3 Å². The number of aliphatic hydroxyl groups excluding tert-OH is 1. The number of hydrogen-bond acceptors (Lipinski definition) is 3. The number of carbonyl (C=O) groups excluding carboxylic acids is 1. The van der Waals surface area contributed by atoms with Gasteiger partial charge < -0.3 is 14.7 Å². The van der Waals surface area contributed by atoms with Crippen LogP contribution in [0.2, 0.25) is 0 Å². The Morgan fingerprint density at radius 1 is 1.42 bits per heavy atom. The summed E-state index contributed by atoms with van der Waals surface area (Å²) in [5, 5.41) is 9.15. The Morgan fingerprint density at radius 2 is 2.16 bits per heavy atom. The van der Waals surface area contributed by atoms with Gasteiger partial charge in [0, 0.05) is 19.2 Å². The second-order valence-electron chi connectivity index (χ2n) is 5.16. The molecular formula is C15H21NO3. The highest BCUT2D eigenvalue weighted by Crippen LogP contribution is 2.23. The second-order valence-corrected chi connectivity index (χ2v) is 5.16. The Balaban J connectivity index is 1.83. The predicted molar refractivity (Wildman–Crippen MR) is 72.6 cm³/mol. The molecule has 0 unspecified atom stereocenters. The van der Waals surface area contributed by atoms with E-state index < -0.39 is 0 Å². The molecule has 1 aromatic rings. The van der Waals surface area contributed by atoms with Crippen LogP contribution in [0.5, 0.6) is 0 Å². The molecule has 1 saturated heterocycles. The van der Waals surface area contributed by atoms with Gasteiger partial charge in [0.1, 0.15) is 6.61 Å². The van der Waals surface area contributed by atoms with Gasteiger partial charge in [-0.15, -0.1) is 0 Å². The maximum absolute atomic E-state index is 12.0. The van der Waals surface area contributed by atoms with Gasteiger partial charge in [0.25, 0.3) is 0 Å². The molecule has 0 saturated carbocycles. The van der Waals surface area contributed by atoms with Crippen molar-refractivity contribution in [2.75, 3.05) is 13.2 Å². The van der Waals surface area contributed by atoms with E-state index in [0.29, 0.717) is 19.1 Å². The smallest absolute Gasteiger partial charge is 0.410 e. The third-order valence-electron chi connectivity index (χ3n) is 3.68. The topological polar surface area (TPSA) is 49.8 Å². The summed E-state index contributed by atoms with van der Waals surface area (Å²) in [5.74, 6) is 0.313. The first-order chi connectivity index (χ1) is 9.20. The van der Waals surface area contributed by atoms with Gasteiger partial charge in [-0.3, -0.25) is 0 Å². The van der Waals surface area contributed by atoms with Gasteiger partial charge in [-0.1, -0.05) is 30.3 Å². The van der Waals surface area contributed by atoms with Gasteiger partial charge in [0.2, 0.25) is 0 Å². The van der Waals surface area contributed by atoms with Gasteiger partial charge in [0.15, 0.2) is 0 Å². The molecule has 104 valence electrons. The predicted octanol–water partition coefficient (Wildman–Crippen LogP) is 2.42. The minimum absolute atomic E-state index is 0.133. The zero-order valence-electron chi connectivity index (χ0n) is 11.3. The highest BCUT2D eigenvalue weighted by Gasteiger charge is 2.29. The molecule has 4 heteroatoms. The van der Waals surface area contributed by atoms with E-state index in [-0.39, 0.29) is 18.7 Å². The zero-order chi connectivity index (χ0) is 13.7. The molecule has 2 atom stereocenters. The van der Waals surface area contributed by atoms with Gasteiger partial charge in [0.05, 0.1) is 0 Å². The molecule has 0 bridgehead atoms. The lowest BCUT2D eigenvalue weighted by Gasteiger charge is -2.36. The molecule has 2 rings (SSSR count). The molecule has 0 aliphatic carbocycles. The highest BCUT2D eigenvalue weighted by molar-refractivity contribution is 5.68. The lowest BCUT2D eigenvalue weighted by molar-refractivity contribution is 0.0517. The van der Waals surface area contributed by atoms with Crippen LogP contribution >= 0.6 is 0 Å². The van der Waals surface area contributed by atoms with Crippen LogP contribution in [0.15, 0.2) is 30.3 Å². The average Bonchev–Trinajstić information content (AvgIpc) is 2.45. The van der Waals surface area contributed by atoms with Crippen molar-refractivity contribution in [3.05, 3.63) is 35.9 Å². The normalized spacial score (nSPS) is 23.2. The highest BCUT2D eigenvalue weighted by atomic mass is 16.6. The number of likely N-dealkylation sites (tertiary alicyclic amines) is 1. The fraction of sp³-hybridized carbons (Fsp3) is 0.533. The largest absolute Gasteiger partial charge is 0.445 e. The number of piperidine rings is 1. The summed E-state index contributed by atoms with van der Waals surface area (Å²) in [5.41, 5.74) is 0.994. The molecule has 0 spiro atoms. The Labute approximate surface area is 114 Å². The lowest BCUT2D eigenvalue weighted by atomic mass is 9.93. The van der Waals surface area contributed by atoms with Crippen molar-refractivity contribution in [1.29, 1.82) is 0 Å². The molecule has 0 radical (unpaired) electrons. The first-order valence-electron chi connectivity index (χ1n) is 6.79. The number of rotatable bonds is 3. The molecule has 0 aromatic heterocycles. The fourth-order valence-corrected chi connectivity index (χ4v) is 2.51. The van der Waals surface area contributed by atoms with Crippen molar-refractivity contribution in [2.45, 2.75) is 32.4 Å². The van der Waals surface area contributed by atoms with Crippen LogP contribution in [0.1, 0.15) is 25.3 Å². The van der Waals surface area contributed by atoms with Gasteiger partial charge in [-0.25, -0.2) is 4.79 Å². The van der Waals surface area contributed by atoms with E-state index in [9.17, 15) is 4.79 Å². The van der Waals surface area contributed by atoms with E-state index in [4.69, 9.17) is 9.84 Å². The van der Waals surface area contributed by atoms with Crippen molar-refractivity contribution in [3.8, 4) is 0 Å². The minimum Gasteiger partial charge on any atom is -0.445 e. The van der Waals surface area contributed by atoms with Crippen molar-refractivity contribution < 1.29 is 14.6 Å². The second kappa shape index (κ2) is 6.57. The van der Waals surface area contributed by atoms with Crippen LogP contribution in [0.25, 0.3) is 0 Å². The number of hydrogen-bond donors (Lipinski definition) is 1. The Hall–Kier alpha value is -1.55. The number of ether oxygens (including phenoxy) is 1. The molecule has 1 heterocycles. The lowest BCUT2D eigenvalue weighted by Crippen LogP contribution is -2.45. The van der Waals surface area contributed by atoms with E-state index >= 15 is 0 Å². The van der Waals surface area contributed by atoms with Gasteiger partial charge in [-0.2, -0.15) is 0 Å². The average molecular weight is 263 g/mol. The molecule has 1 aromatic carbocycles. The molecule has 1 fully saturated rings. The van der Waals surface area contributed by atoms with Crippen molar-refractivity contribution in [1.82, 2.24) is 4.90 Å². The first-order valence-corrected chi connectivity index (χ1v) is 6.79. The summed E-state index contributed by atoms with van der Waals surface area (Å²) in [7, 11) is 0. The first kappa shape index (κ1) is 13.9. The number of benzene rings is 1. The molecule has 4 nitrogen and oxygen atoms in total. The Bertz CT molecular complexity index is 407. The molecule has 1 aliphatic rings. The quantitative estimate of drug-likeness (QED) is 0.911. The minimum atomic E-state index is -0.257. The van der Waals surface area contributed by atoms with Crippen LogP contribution in [0.3, 0.4) is 0 Å². The Morgan fingerprint density at radius 3 is 2.79 bits per heavy atom. The summed E-state index contributed by atoms with van der Waals surface area (Å²) < 4.78 is 5.33. The number of amides is 1. The number of carbonyl (C=O) groups is 1. The third-order valence-corrected chi connectivity index (χ3v) is 3.68. The summed E-state index contributed by atoms with van der Waals surface area (Å²) >= 11 is 0. The SMILES string of the molecule is C[C@@H]1C[C@H](CO)CCN1C(=O)OCc1ccccc1. The summed E-state index contributed by atoms with van der Waals surface area (Å²) in [6.07, 6.45) is 1.44. The summed E-state index contributed by atoms with van der Waals surface area (Å²) in [6.45, 7) is 3.19. The third kappa shape index (κ3) is 3.70. The van der Waals surface area contributed by atoms with Gasteiger partial charge >= 0.3 is 6.09 Å². The maximum Gasteiger partial charge on any atom is 0.410 e. The van der Waals surface area contributed by atoms with E-state index in [1.807, 2.05) is 37.3 Å². The molecule has 1 aliphatic heterocycles. The monoisotopic (exact) mass is 263 g/mol. The standard InChI is InChI=1S/C15H21NO3/c1-12-9-14(10-17)7-8-16(12)15(18)19-11-13-5-3-2-4-6-13/h2-6,12,14,17H,7-11H2,1H3/t12-,14-/m1/s1. The number of aliphatic hydroxyl groups is 1. The van der Waals surface area contributed by atoms with Crippen molar-refractivity contribution in [3.63, 3.8) is 0 Å².